The van der Waals surface area contributed by atoms with Crippen LogP contribution in [0.25, 0.3) is 0 Å². The number of ether oxygens (including phenoxy) is 3. The molecule has 2 rings (SSSR count). The summed E-state index contributed by atoms with van der Waals surface area (Å²) in [7, 11) is 0. The van der Waals surface area contributed by atoms with E-state index in [9.17, 15) is 0 Å². The zero-order valence-electron chi connectivity index (χ0n) is 13.5. The van der Waals surface area contributed by atoms with Gasteiger partial charge in [-0.25, -0.2) is 0 Å². The molecule has 0 amide bonds. The molecule has 0 saturated carbocycles. The SMILES string of the molecule is [c]1ccc(CN2CCOCCCCCOCCOCC2)cc1. The molecule has 4 heteroatoms. The van der Waals surface area contributed by atoms with Gasteiger partial charge in [-0.05, 0) is 30.9 Å². The lowest BCUT2D eigenvalue weighted by atomic mass is 10.2. The van der Waals surface area contributed by atoms with Crippen molar-refractivity contribution in [3.8, 4) is 0 Å². The van der Waals surface area contributed by atoms with Crippen molar-refractivity contribution < 1.29 is 14.2 Å². The van der Waals surface area contributed by atoms with Crippen LogP contribution in [0.4, 0.5) is 0 Å². The molecular formula is C18H28NO3. The predicted octanol–water partition coefficient (Wildman–Crippen LogP) is 2.52. The van der Waals surface area contributed by atoms with E-state index in [0.717, 1.165) is 58.9 Å². The minimum Gasteiger partial charge on any atom is -0.380 e. The van der Waals surface area contributed by atoms with E-state index >= 15 is 0 Å². The smallest absolute Gasteiger partial charge is 0.0701 e. The molecule has 0 spiro atoms. The van der Waals surface area contributed by atoms with Crippen LogP contribution in [0.3, 0.4) is 0 Å². The number of rotatable bonds is 2. The molecule has 123 valence electrons. The molecule has 1 aliphatic heterocycles. The predicted molar refractivity (Wildman–Crippen MR) is 86.9 cm³/mol. The summed E-state index contributed by atoms with van der Waals surface area (Å²) in [5, 5.41) is 0. The van der Waals surface area contributed by atoms with Gasteiger partial charge in [0.15, 0.2) is 0 Å². The Morgan fingerprint density at radius 3 is 2.05 bits per heavy atom. The minimum absolute atomic E-state index is 0.685. The number of hydrogen-bond donors (Lipinski definition) is 0. The Morgan fingerprint density at radius 1 is 0.773 bits per heavy atom. The second-order valence-corrected chi connectivity index (χ2v) is 5.58. The van der Waals surface area contributed by atoms with E-state index in [1.165, 1.54) is 12.0 Å². The van der Waals surface area contributed by atoms with Crippen LogP contribution < -0.4 is 0 Å². The van der Waals surface area contributed by atoms with E-state index in [4.69, 9.17) is 14.2 Å². The molecule has 0 atom stereocenters. The minimum atomic E-state index is 0.685. The Labute approximate surface area is 134 Å². The van der Waals surface area contributed by atoms with Crippen molar-refractivity contribution in [2.75, 3.05) is 52.7 Å². The third-order valence-electron chi connectivity index (χ3n) is 3.75. The number of nitrogens with zero attached hydrogens (tertiary/aromatic N) is 1. The Balaban J connectivity index is 1.77. The first-order valence-electron chi connectivity index (χ1n) is 8.36. The Hall–Kier alpha value is -0.940. The lowest BCUT2D eigenvalue weighted by Crippen LogP contribution is -2.31. The molecule has 4 nitrogen and oxygen atoms in total. The van der Waals surface area contributed by atoms with Crippen molar-refractivity contribution in [1.29, 1.82) is 0 Å². The van der Waals surface area contributed by atoms with Gasteiger partial charge in [0.25, 0.3) is 0 Å². The first kappa shape index (κ1) is 17.4. The van der Waals surface area contributed by atoms with Gasteiger partial charge in [-0.1, -0.05) is 24.3 Å². The molecule has 0 N–H and O–H groups in total. The van der Waals surface area contributed by atoms with Crippen molar-refractivity contribution in [3.63, 3.8) is 0 Å². The van der Waals surface area contributed by atoms with Gasteiger partial charge >= 0.3 is 0 Å². The molecule has 22 heavy (non-hydrogen) atoms. The highest BCUT2D eigenvalue weighted by atomic mass is 16.5. The van der Waals surface area contributed by atoms with E-state index < -0.39 is 0 Å². The molecule has 1 aromatic rings. The average molecular weight is 306 g/mol. The zero-order valence-corrected chi connectivity index (χ0v) is 13.5. The Kier molecular flexibility index (Phi) is 9.19. The van der Waals surface area contributed by atoms with Crippen LogP contribution >= 0.6 is 0 Å². The van der Waals surface area contributed by atoms with Gasteiger partial charge in [-0.15, -0.1) is 0 Å². The Bertz CT molecular complexity index is 356. The van der Waals surface area contributed by atoms with Crippen LogP contribution in [0.15, 0.2) is 24.3 Å². The average Bonchev–Trinajstić information content (AvgIpc) is 2.56. The first-order chi connectivity index (χ1) is 10.9. The van der Waals surface area contributed by atoms with E-state index in [0.29, 0.717) is 13.2 Å². The largest absolute Gasteiger partial charge is 0.380 e. The summed E-state index contributed by atoms with van der Waals surface area (Å²) in [4.78, 5) is 2.38. The third kappa shape index (κ3) is 7.90. The molecule has 0 aromatic heterocycles. The van der Waals surface area contributed by atoms with Gasteiger partial charge in [0.05, 0.1) is 26.4 Å². The third-order valence-corrected chi connectivity index (χ3v) is 3.75. The molecule has 1 heterocycles. The van der Waals surface area contributed by atoms with Crippen molar-refractivity contribution in [3.05, 3.63) is 35.9 Å². The summed E-state index contributed by atoms with van der Waals surface area (Å²) >= 11 is 0. The van der Waals surface area contributed by atoms with Crippen LogP contribution in [0, 0.1) is 6.07 Å². The van der Waals surface area contributed by atoms with Crippen molar-refractivity contribution in [2.45, 2.75) is 25.8 Å². The second kappa shape index (κ2) is 11.6. The van der Waals surface area contributed by atoms with Crippen molar-refractivity contribution in [2.24, 2.45) is 0 Å². The van der Waals surface area contributed by atoms with Crippen LogP contribution in [0.1, 0.15) is 24.8 Å². The van der Waals surface area contributed by atoms with Gasteiger partial charge in [-0.2, -0.15) is 0 Å². The second-order valence-electron chi connectivity index (χ2n) is 5.58. The summed E-state index contributed by atoms with van der Waals surface area (Å²) in [6.07, 6.45) is 3.40. The van der Waals surface area contributed by atoms with E-state index in [1.807, 2.05) is 12.1 Å². The molecule has 1 fully saturated rings. The maximum atomic E-state index is 5.75. The van der Waals surface area contributed by atoms with E-state index in [1.54, 1.807) is 0 Å². The topological polar surface area (TPSA) is 30.9 Å². The highest BCUT2D eigenvalue weighted by Gasteiger charge is 2.06. The summed E-state index contributed by atoms with van der Waals surface area (Å²) in [6.45, 7) is 7.39. The summed E-state index contributed by atoms with van der Waals surface area (Å²) < 4.78 is 17.0. The summed E-state index contributed by atoms with van der Waals surface area (Å²) in [5.41, 5.74) is 1.31. The van der Waals surface area contributed by atoms with Gasteiger partial charge in [-0.3, -0.25) is 4.90 Å². The standard InChI is InChI=1S/C18H28NO3/c1-3-7-18(8-4-1)17-19-9-13-20-11-5-2-6-12-21-15-16-22-14-10-19/h3-4,7-8H,2,5-6,9-17H2. The maximum Gasteiger partial charge on any atom is 0.0701 e. The van der Waals surface area contributed by atoms with Crippen LogP contribution in [0.5, 0.6) is 0 Å². The fraction of sp³-hybridized carbons (Fsp3) is 0.667. The highest BCUT2D eigenvalue weighted by molar-refractivity contribution is 5.13. The fourth-order valence-electron chi connectivity index (χ4n) is 2.45. The molecule has 0 aliphatic carbocycles. The Morgan fingerprint density at radius 2 is 1.36 bits per heavy atom. The zero-order chi connectivity index (χ0) is 15.3. The molecule has 0 unspecified atom stereocenters. The fourth-order valence-corrected chi connectivity index (χ4v) is 2.45. The van der Waals surface area contributed by atoms with Gasteiger partial charge < -0.3 is 14.2 Å². The van der Waals surface area contributed by atoms with Crippen molar-refractivity contribution >= 4 is 0 Å². The molecule has 1 saturated heterocycles. The lowest BCUT2D eigenvalue weighted by Gasteiger charge is -2.22. The number of hydrogen-bond acceptors (Lipinski definition) is 4. The monoisotopic (exact) mass is 306 g/mol. The van der Waals surface area contributed by atoms with Crippen LogP contribution in [-0.4, -0.2) is 57.6 Å². The molecule has 1 aliphatic rings. The van der Waals surface area contributed by atoms with Gasteiger partial charge in [0, 0.05) is 32.8 Å². The highest BCUT2D eigenvalue weighted by Crippen LogP contribution is 2.05. The van der Waals surface area contributed by atoms with E-state index in [-0.39, 0.29) is 0 Å². The van der Waals surface area contributed by atoms with E-state index in [2.05, 4.69) is 23.1 Å². The molecular weight excluding hydrogens is 278 g/mol. The van der Waals surface area contributed by atoms with Crippen LogP contribution in [0.2, 0.25) is 0 Å². The normalized spacial score (nSPS) is 20.9. The lowest BCUT2D eigenvalue weighted by molar-refractivity contribution is 0.0347. The van der Waals surface area contributed by atoms with Gasteiger partial charge in [0.2, 0.25) is 0 Å². The number of benzene rings is 1. The molecule has 1 aromatic carbocycles. The maximum absolute atomic E-state index is 5.75. The first-order valence-corrected chi connectivity index (χ1v) is 8.36. The quantitative estimate of drug-likeness (QED) is 0.840. The summed E-state index contributed by atoms with van der Waals surface area (Å²) in [6, 6.07) is 11.2. The molecule has 0 bridgehead atoms. The summed E-state index contributed by atoms with van der Waals surface area (Å²) in [5.74, 6) is 0. The molecule has 1 radical (unpaired) electrons. The van der Waals surface area contributed by atoms with Crippen LogP contribution in [-0.2, 0) is 20.8 Å². The van der Waals surface area contributed by atoms with Gasteiger partial charge in [0.1, 0.15) is 0 Å². The van der Waals surface area contributed by atoms with Crippen molar-refractivity contribution in [1.82, 2.24) is 4.90 Å².